The third-order valence-corrected chi connectivity index (χ3v) is 5.18. The number of aromatic nitrogens is 1. The van der Waals surface area contributed by atoms with Crippen LogP contribution in [0.1, 0.15) is 43.8 Å². The normalized spacial score (nSPS) is 19.4. The van der Waals surface area contributed by atoms with Gasteiger partial charge in [0.05, 0.1) is 34.9 Å². The summed E-state index contributed by atoms with van der Waals surface area (Å²) < 4.78 is 5.34. The molecule has 2 aliphatic heterocycles. The summed E-state index contributed by atoms with van der Waals surface area (Å²) in [5, 5.41) is 3.24. The van der Waals surface area contributed by atoms with E-state index in [1.54, 1.807) is 17.5 Å². The van der Waals surface area contributed by atoms with E-state index < -0.39 is 17.8 Å². The summed E-state index contributed by atoms with van der Waals surface area (Å²) in [7, 11) is 0. The van der Waals surface area contributed by atoms with Crippen LogP contribution in [0.3, 0.4) is 0 Å². The Hall–Kier alpha value is -2.58. The smallest absolute Gasteiger partial charge is 0.339 e. The summed E-state index contributed by atoms with van der Waals surface area (Å²) in [6.45, 7) is 1.37. The van der Waals surface area contributed by atoms with Crippen LogP contribution in [-0.2, 0) is 20.8 Å². The number of hydroxylamine groups is 2. The number of rotatable bonds is 4. The number of benzene rings is 1. The molecule has 8 heteroatoms. The number of carbonyl (C=O) groups excluding carboxylic acids is 3. The molecule has 1 aromatic heterocycles. The lowest BCUT2D eigenvalue weighted by atomic mass is 10.1. The van der Waals surface area contributed by atoms with E-state index in [1.165, 1.54) is 23.5 Å². The van der Waals surface area contributed by atoms with Gasteiger partial charge in [-0.05, 0) is 18.6 Å². The van der Waals surface area contributed by atoms with Crippen molar-refractivity contribution in [2.75, 3.05) is 13.2 Å². The first kappa shape index (κ1) is 15.9. The Kier molecular flexibility index (Phi) is 4.06. The Morgan fingerprint density at radius 1 is 1.28 bits per heavy atom. The lowest BCUT2D eigenvalue weighted by molar-refractivity contribution is -0.167. The standard InChI is InChI=1S/C17H14N2O5S/c20-14(7-11-9-25-15(18-11)10-5-6-23-8-10)24-19-16(21)12-3-1-2-4-13(12)17(19)22/h1-4,9-10H,5-8H2. The molecule has 2 amide bonds. The highest BCUT2D eigenvalue weighted by molar-refractivity contribution is 7.09. The van der Waals surface area contributed by atoms with Crippen molar-refractivity contribution in [2.45, 2.75) is 18.8 Å². The first-order valence-corrected chi connectivity index (χ1v) is 8.72. The predicted molar refractivity (Wildman–Crippen MR) is 87.0 cm³/mol. The van der Waals surface area contributed by atoms with Crippen molar-refractivity contribution < 1.29 is 24.0 Å². The van der Waals surface area contributed by atoms with Crippen LogP contribution in [0.4, 0.5) is 0 Å². The van der Waals surface area contributed by atoms with Gasteiger partial charge in [-0.25, -0.2) is 9.78 Å². The zero-order valence-corrected chi connectivity index (χ0v) is 14.0. The van der Waals surface area contributed by atoms with E-state index in [2.05, 4.69) is 4.98 Å². The van der Waals surface area contributed by atoms with Gasteiger partial charge in [-0.1, -0.05) is 17.2 Å². The molecule has 1 aromatic carbocycles. The molecule has 0 N–H and O–H groups in total. The molecule has 1 fully saturated rings. The van der Waals surface area contributed by atoms with E-state index in [-0.39, 0.29) is 23.5 Å². The Balaban J connectivity index is 1.41. The highest BCUT2D eigenvalue weighted by Crippen LogP contribution is 2.28. The fourth-order valence-electron chi connectivity index (χ4n) is 2.85. The predicted octanol–water partition coefficient (Wildman–Crippen LogP) is 1.94. The summed E-state index contributed by atoms with van der Waals surface area (Å²) in [5.41, 5.74) is 1.03. The largest absolute Gasteiger partial charge is 0.381 e. The van der Waals surface area contributed by atoms with Gasteiger partial charge in [0.15, 0.2) is 0 Å². The van der Waals surface area contributed by atoms with Crippen LogP contribution in [0.25, 0.3) is 0 Å². The molecule has 1 unspecified atom stereocenters. The summed E-state index contributed by atoms with van der Waals surface area (Å²) in [6.07, 6.45) is 0.823. The topological polar surface area (TPSA) is 85.8 Å². The Labute approximate surface area is 147 Å². The van der Waals surface area contributed by atoms with Gasteiger partial charge in [0.1, 0.15) is 0 Å². The van der Waals surface area contributed by atoms with Crippen molar-refractivity contribution in [1.82, 2.24) is 10.0 Å². The Morgan fingerprint density at radius 2 is 2.00 bits per heavy atom. The van der Waals surface area contributed by atoms with Gasteiger partial charge in [-0.15, -0.1) is 11.3 Å². The number of imide groups is 1. The average molecular weight is 358 g/mol. The van der Waals surface area contributed by atoms with Crippen LogP contribution < -0.4 is 0 Å². The lowest BCUT2D eigenvalue weighted by Crippen LogP contribution is -2.33. The molecular formula is C17H14N2O5S. The number of hydrogen-bond acceptors (Lipinski definition) is 7. The van der Waals surface area contributed by atoms with Crippen molar-refractivity contribution in [2.24, 2.45) is 0 Å². The second-order valence-corrected chi connectivity index (χ2v) is 6.72. The van der Waals surface area contributed by atoms with Crippen LogP contribution in [-0.4, -0.2) is 41.0 Å². The quantitative estimate of drug-likeness (QED) is 0.777. The molecule has 2 aliphatic rings. The van der Waals surface area contributed by atoms with E-state index in [9.17, 15) is 14.4 Å². The molecule has 0 spiro atoms. The van der Waals surface area contributed by atoms with Crippen LogP contribution in [0, 0.1) is 0 Å². The number of fused-ring (bicyclic) bond motifs is 1. The van der Waals surface area contributed by atoms with Crippen molar-refractivity contribution >= 4 is 29.1 Å². The number of ether oxygens (including phenoxy) is 1. The molecule has 1 atom stereocenters. The maximum Gasteiger partial charge on any atom is 0.339 e. The first-order valence-electron chi connectivity index (χ1n) is 7.84. The van der Waals surface area contributed by atoms with E-state index in [0.717, 1.165) is 18.0 Å². The molecule has 0 bridgehead atoms. The fraction of sp³-hybridized carbons (Fsp3) is 0.294. The third kappa shape index (κ3) is 2.94. The third-order valence-electron chi connectivity index (χ3n) is 4.12. The molecule has 2 aromatic rings. The highest BCUT2D eigenvalue weighted by Gasteiger charge is 2.38. The molecule has 3 heterocycles. The summed E-state index contributed by atoms with van der Waals surface area (Å²) in [4.78, 5) is 45.9. The molecule has 0 radical (unpaired) electrons. The maximum absolute atomic E-state index is 12.2. The van der Waals surface area contributed by atoms with Crippen molar-refractivity contribution in [1.29, 1.82) is 0 Å². The SMILES string of the molecule is O=C(Cc1csc(C2CCOC2)n1)ON1C(=O)c2ccccc2C1=O. The minimum atomic E-state index is -0.700. The molecule has 128 valence electrons. The van der Waals surface area contributed by atoms with Crippen molar-refractivity contribution in [3.05, 3.63) is 51.5 Å². The first-order chi connectivity index (χ1) is 12.1. The van der Waals surface area contributed by atoms with Gasteiger partial charge in [0, 0.05) is 17.9 Å². The van der Waals surface area contributed by atoms with E-state index in [1.807, 2.05) is 0 Å². The monoisotopic (exact) mass is 358 g/mol. The Morgan fingerprint density at radius 3 is 2.64 bits per heavy atom. The Bertz CT molecular complexity index is 821. The highest BCUT2D eigenvalue weighted by atomic mass is 32.1. The zero-order valence-electron chi connectivity index (χ0n) is 13.1. The summed E-state index contributed by atoms with van der Waals surface area (Å²) >= 11 is 1.48. The molecule has 4 rings (SSSR count). The number of hydrogen-bond donors (Lipinski definition) is 0. The minimum Gasteiger partial charge on any atom is -0.381 e. The lowest BCUT2D eigenvalue weighted by Gasteiger charge is -2.12. The van der Waals surface area contributed by atoms with Gasteiger partial charge >= 0.3 is 5.97 Å². The fourth-order valence-corrected chi connectivity index (χ4v) is 3.79. The van der Waals surface area contributed by atoms with Gasteiger partial charge in [-0.2, -0.15) is 0 Å². The minimum absolute atomic E-state index is 0.0997. The molecule has 1 saturated heterocycles. The molecule has 25 heavy (non-hydrogen) atoms. The van der Waals surface area contributed by atoms with Crippen LogP contribution in [0.5, 0.6) is 0 Å². The molecule has 0 saturated carbocycles. The average Bonchev–Trinajstić information content (AvgIpc) is 3.33. The van der Waals surface area contributed by atoms with Gasteiger partial charge < -0.3 is 9.57 Å². The van der Waals surface area contributed by atoms with E-state index >= 15 is 0 Å². The number of amides is 2. The maximum atomic E-state index is 12.2. The number of thiazole rings is 1. The van der Waals surface area contributed by atoms with Gasteiger partial charge in [0.2, 0.25) is 0 Å². The zero-order chi connectivity index (χ0) is 17.4. The van der Waals surface area contributed by atoms with Gasteiger partial charge in [-0.3, -0.25) is 9.59 Å². The molecule has 7 nitrogen and oxygen atoms in total. The van der Waals surface area contributed by atoms with Crippen LogP contribution in [0.2, 0.25) is 0 Å². The van der Waals surface area contributed by atoms with Crippen molar-refractivity contribution in [3.63, 3.8) is 0 Å². The molecule has 0 aliphatic carbocycles. The van der Waals surface area contributed by atoms with Crippen molar-refractivity contribution in [3.8, 4) is 0 Å². The van der Waals surface area contributed by atoms with Gasteiger partial charge in [0.25, 0.3) is 11.8 Å². The van der Waals surface area contributed by atoms with E-state index in [4.69, 9.17) is 9.57 Å². The van der Waals surface area contributed by atoms with E-state index in [0.29, 0.717) is 17.4 Å². The van der Waals surface area contributed by atoms with Crippen LogP contribution in [0.15, 0.2) is 29.6 Å². The van der Waals surface area contributed by atoms with Crippen LogP contribution >= 0.6 is 11.3 Å². The second-order valence-electron chi connectivity index (χ2n) is 5.83. The summed E-state index contributed by atoms with van der Waals surface area (Å²) in [5.74, 6) is -1.69. The molecular weight excluding hydrogens is 344 g/mol. The summed E-state index contributed by atoms with van der Waals surface area (Å²) in [6, 6.07) is 6.36. The number of carbonyl (C=O) groups is 3. The number of nitrogens with zero attached hydrogens (tertiary/aromatic N) is 2. The second kappa shape index (κ2) is 6.38.